The van der Waals surface area contributed by atoms with Crippen LogP contribution in [0, 0.1) is 5.82 Å². The summed E-state index contributed by atoms with van der Waals surface area (Å²) >= 11 is 0. The number of rotatable bonds is 4. The Morgan fingerprint density at radius 2 is 2.22 bits per heavy atom. The molecule has 0 bridgehead atoms. The first-order valence-electron chi connectivity index (χ1n) is 5.53. The van der Waals surface area contributed by atoms with Gasteiger partial charge in [0.1, 0.15) is 17.9 Å². The largest absolute Gasteiger partial charge is 0.367 e. The molecule has 5 heteroatoms. The molecule has 1 aromatic carbocycles. The lowest BCUT2D eigenvalue weighted by Gasteiger charge is -2.19. The lowest BCUT2D eigenvalue weighted by atomic mass is 10.2. The van der Waals surface area contributed by atoms with Gasteiger partial charge in [-0.15, -0.1) is 0 Å². The molecule has 2 rings (SSSR count). The minimum Gasteiger partial charge on any atom is -0.367 e. The first kappa shape index (κ1) is 12.3. The predicted molar refractivity (Wildman–Crippen MR) is 67.1 cm³/mol. The SMILES string of the molecule is CN(Cc1nccn1C)c1cc(F)cc(C=O)c1. The molecule has 0 spiro atoms. The van der Waals surface area contributed by atoms with E-state index in [9.17, 15) is 9.18 Å². The Kier molecular flexibility index (Phi) is 3.41. The molecule has 18 heavy (non-hydrogen) atoms. The van der Waals surface area contributed by atoms with Gasteiger partial charge in [-0.2, -0.15) is 0 Å². The predicted octanol–water partition coefficient (Wildman–Crippen LogP) is 2.01. The van der Waals surface area contributed by atoms with Gasteiger partial charge in [0.05, 0.1) is 6.54 Å². The summed E-state index contributed by atoms with van der Waals surface area (Å²) < 4.78 is 15.2. The smallest absolute Gasteiger partial charge is 0.150 e. The molecule has 0 aliphatic rings. The topological polar surface area (TPSA) is 38.1 Å². The van der Waals surface area contributed by atoms with E-state index in [2.05, 4.69) is 4.98 Å². The fraction of sp³-hybridized carbons (Fsp3) is 0.231. The van der Waals surface area contributed by atoms with Crippen molar-refractivity contribution in [3.8, 4) is 0 Å². The molecular formula is C13H14FN3O. The monoisotopic (exact) mass is 247 g/mol. The standard InChI is InChI=1S/C13H14FN3O/c1-16-4-3-15-13(16)8-17(2)12-6-10(9-18)5-11(14)7-12/h3-7,9H,8H2,1-2H3. The van der Waals surface area contributed by atoms with Crippen LogP contribution >= 0.6 is 0 Å². The van der Waals surface area contributed by atoms with Gasteiger partial charge in [0.15, 0.2) is 0 Å². The van der Waals surface area contributed by atoms with Crippen molar-refractivity contribution in [1.82, 2.24) is 9.55 Å². The van der Waals surface area contributed by atoms with Crippen LogP contribution in [0.1, 0.15) is 16.2 Å². The second kappa shape index (κ2) is 5.00. The molecule has 0 radical (unpaired) electrons. The molecule has 0 aliphatic carbocycles. The number of carbonyl (C=O) groups excluding carboxylic acids is 1. The van der Waals surface area contributed by atoms with Crippen molar-refractivity contribution in [3.05, 3.63) is 47.8 Å². The molecule has 0 saturated heterocycles. The Balaban J connectivity index is 2.23. The number of nitrogens with zero attached hydrogens (tertiary/aromatic N) is 3. The maximum Gasteiger partial charge on any atom is 0.150 e. The van der Waals surface area contributed by atoms with Gasteiger partial charge in [0, 0.05) is 37.7 Å². The molecule has 0 fully saturated rings. The summed E-state index contributed by atoms with van der Waals surface area (Å²) in [5.74, 6) is 0.454. The van der Waals surface area contributed by atoms with E-state index in [1.165, 1.54) is 12.1 Å². The van der Waals surface area contributed by atoms with E-state index in [1.807, 2.05) is 29.8 Å². The minimum absolute atomic E-state index is 0.330. The quantitative estimate of drug-likeness (QED) is 0.776. The number of hydrogen-bond donors (Lipinski definition) is 0. The highest BCUT2D eigenvalue weighted by atomic mass is 19.1. The van der Waals surface area contributed by atoms with Crippen molar-refractivity contribution in [1.29, 1.82) is 0 Å². The van der Waals surface area contributed by atoms with E-state index in [0.29, 0.717) is 24.1 Å². The fourth-order valence-corrected chi connectivity index (χ4v) is 1.74. The molecule has 4 nitrogen and oxygen atoms in total. The van der Waals surface area contributed by atoms with E-state index in [-0.39, 0.29) is 0 Å². The zero-order chi connectivity index (χ0) is 13.1. The van der Waals surface area contributed by atoms with Crippen LogP contribution in [0.25, 0.3) is 0 Å². The Morgan fingerprint density at radius 3 is 2.83 bits per heavy atom. The fourth-order valence-electron chi connectivity index (χ4n) is 1.74. The molecule has 0 aliphatic heterocycles. The van der Waals surface area contributed by atoms with Crippen LogP contribution < -0.4 is 4.90 Å². The zero-order valence-electron chi connectivity index (χ0n) is 10.3. The van der Waals surface area contributed by atoms with Crippen LogP contribution in [-0.4, -0.2) is 22.9 Å². The molecule has 0 atom stereocenters. The number of hydrogen-bond acceptors (Lipinski definition) is 3. The number of anilines is 1. The normalized spacial score (nSPS) is 10.4. The third-order valence-electron chi connectivity index (χ3n) is 2.78. The van der Waals surface area contributed by atoms with E-state index in [0.717, 1.165) is 5.82 Å². The second-order valence-corrected chi connectivity index (χ2v) is 4.17. The van der Waals surface area contributed by atoms with Gasteiger partial charge < -0.3 is 9.47 Å². The first-order valence-corrected chi connectivity index (χ1v) is 5.53. The van der Waals surface area contributed by atoms with Crippen LogP contribution in [0.15, 0.2) is 30.6 Å². The van der Waals surface area contributed by atoms with Crippen LogP contribution in [0.2, 0.25) is 0 Å². The highest BCUT2D eigenvalue weighted by Gasteiger charge is 2.08. The maximum atomic E-state index is 13.3. The van der Waals surface area contributed by atoms with E-state index in [1.54, 1.807) is 12.3 Å². The van der Waals surface area contributed by atoms with Crippen LogP contribution in [0.5, 0.6) is 0 Å². The van der Waals surface area contributed by atoms with Crippen molar-refractivity contribution in [2.45, 2.75) is 6.54 Å². The van der Waals surface area contributed by atoms with Crippen LogP contribution in [0.3, 0.4) is 0 Å². The number of benzene rings is 1. The van der Waals surface area contributed by atoms with Crippen molar-refractivity contribution >= 4 is 12.0 Å². The van der Waals surface area contributed by atoms with Crippen molar-refractivity contribution < 1.29 is 9.18 Å². The summed E-state index contributed by atoms with van der Waals surface area (Å²) in [6.07, 6.45) is 4.21. The van der Waals surface area contributed by atoms with Gasteiger partial charge in [-0.05, 0) is 18.2 Å². The van der Waals surface area contributed by atoms with Crippen molar-refractivity contribution in [2.75, 3.05) is 11.9 Å². The molecule has 0 unspecified atom stereocenters. The maximum absolute atomic E-state index is 13.3. The van der Waals surface area contributed by atoms with E-state index >= 15 is 0 Å². The molecule has 0 saturated carbocycles. The molecule has 0 amide bonds. The highest BCUT2D eigenvalue weighted by Crippen LogP contribution is 2.18. The van der Waals surface area contributed by atoms with Gasteiger partial charge >= 0.3 is 0 Å². The summed E-state index contributed by atoms with van der Waals surface area (Å²) in [5.41, 5.74) is 0.983. The average molecular weight is 247 g/mol. The third kappa shape index (κ3) is 2.56. The molecule has 1 aromatic heterocycles. The Labute approximate surface area is 105 Å². The molecular weight excluding hydrogens is 233 g/mol. The number of aryl methyl sites for hydroxylation is 1. The Morgan fingerprint density at radius 1 is 1.44 bits per heavy atom. The molecule has 0 N–H and O–H groups in total. The summed E-state index contributed by atoms with van der Waals surface area (Å²) in [7, 11) is 3.73. The lowest BCUT2D eigenvalue weighted by molar-refractivity contribution is 0.112. The first-order chi connectivity index (χ1) is 8.60. The number of carbonyl (C=O) groups is 1. The summed E-state index contributed by atoms with van der Waals surface area (Å²) in [6, 6.07) is 4.26. The molecule has 2 aromatic rings. The number of imidazole rings is 1. The highest BCUT2D eigenvalue weighted by molar-refractivity contribution is 5.77. The summed E-state index contributed by atoms with van der Waals surface area (Å²) in [5, 5.41) is 0. The van der Waals surface area contributed by atoms with Crippen LogP contribution in [-0.2, 0) is 13.6 Å². The summed E-state index contributed by atoms with van der Waals surface area (Å²) in [6.45, 7) is 0.547. The number of aromatic nitrogens is 2. The minimum atomic E-state index is -0.415. The second-order valence-electron chi connectivity index (χ2n) is 4.17. The summed E-state index contributed by atoms with van der Waals surface area (Å²) in [4.78, 5) is 16.8. The van der Waals surface area contributed by atoms with Crippen LogP contribution in [0.4, 0.5) is 10.1 Å². The zero-order valence-corrected chi connectivity index (χ0v) is 10.3. The lowest BCUT2D eigenvalue weighted by Crippen LogP contribution is -2.19. The van der Waals surface area contributed by atoms with E-state index in [4.69, 9.17) is 0 Å². The number of halogens is 1. The van der Waals surface area contributed by atoms with Crippen molar-refractivity contribution in [3.63, 3.8) is 0 Å². The van der Waals surface area contributed by atoms with Crippen molar-refractivity contribution in [2.24, 2.45) is 7.05 Å². The van der Waals surface area contributed by atoms with Gasteiger partial charge in [-0.1, -0.05) is 0 Å². The van der Waals surface area contributed by atoms with Gasteiger partial charge in [-0.25, -0.2) is 9.37 Å². The van der Waals surface area contributed by atoms with Gasteiger partial charge in [0.2, 0.25) is 0 Å². The molecule has 94 valence electrons. The Bertz CT molecular complexity index is 565. The number of aldehydes is 1. The van der Waals surface area contributed by atoms with E-state index < -0.39 is 5.82 Å². The van der Waals surface area contributed by atoms with Gasteiger partial charge in [-0.3, -0.25) is 4.79 Å². The average Bonchev–Trinajstić information content (AvgIpc) is 2.74. The molecule has 1 heterocycles. The Hall–Kier alpha value is -2.17. The third-order valence-corrected chi connectivity index (χ3v) is 2.78. The van der Waals surface area contributed by atoms with Gasteiger partial charge in [0.25, 0.3) is 0 Å².